The standard InChI is InChI=1S/C21H22O6/c1-11(2)18-9-14-17(27-18)6-5-13(21(14)24)16(23)7-12-8-19(25-3)20(26-4)10-15(12)22/h5-6,8-11,22,24H,7H2,1-4H3. The molecule has 142 valence electrons. The Morgan fingerprint density at radius 1 is 1.07 bits per heavy atom. The average Bonchev–Trinajstić information content (AvgIpc) is 3.08. The first-order chi connectivity index (χ1) is 12.8. The molecule has 2 aromatic carbocycles. The van der Waals surface area contributed by atoms with E-state index in [9.17, 15) is 15.0 Å². The molecule has 0 amide bonds. The molecule has 0 fully saturated rings. The van der Waals surface area contributed by atoms with Gasteiger partial charge in [-0.1, -0.05) is 13.8 Å². The predicted molar refractivity (Wildman–Crippen MR) is 101 cm³/mol. The number of fused-ring (bicyclic) bond motifs is 1. The second kappa shape index (κ2) is 7.23. The van der Waals surface area contributed by atoms with Gasteiger partial charge in [0.05, 0.1) is 25.2 Å². The summed E-state index contributed by atoms with van der Waals surface area (Å²) in [6.45, 7) is 3.97. The summed E-state index contributed by atoms with van der Waals surface area (Å²) in [4.78, 5) is 12.8. The maximum absolute atomic E-state index is 12.8. The maximum atomic E-state index is 12.8. The van der Waals surface area contributed by atoms with Crippen LogP contribution in [0.4, 0.5) is 0 Å². The van der Waals surface area contributed by atoms with Crippen LogP contribution in [0.25, 0.3) is 11.0 Å². The molecular weight excluding hydrogens is 348 g/mol. The Kier molecular flexibility index (Phi) is 4.99. The molecule has 6 heteroatoms. The second-order valence-electron chi connectivity index (χ2n) is 6.61. The number of methoxy groups -OCH3 is 2. The Morgan fingerprint density at radius 2 is 1.74 bits per heavy atom. The topological polar surface area (TPSA) is 89.1 Å². The lowest BCUT2D eigenvalue weighted by Crippen LogP contribution is -2.05. The van der Waals surface area contributed by atoms with Gasteiger partial charge < -0.3 is 24.1 Å². The first kappa shape index (κ1) is 18.6. The molecule has 3 rings (SSSR count). The first-order valence-corrected chi connectivity index (χ1v) is 8.58. The van der Waals surface area contributed by atoms with Crippen molar-refractivity contribution in [3.8, 4) is 23.0 Å². The van der Waals surface area contributed by atoms with Gasteiger partial charge in [-0.2, -0.15) is 0 Å². The van der Waals surface area contributed by atoms with E-state index in [1.807, 2.05) is 13.8 Å². The normalized spacial score (nSPS) is 11.1. The van der Waals surface area contributed by atoms with Gasteiger partial charge in [0.15, 0.2) is 17.3 Å². The van der Waals surface area contributed by atoms with Crippen molar-refractivity contribution in [2.45, 2.75) is 26.2 Å². The summed E-state index contributed by atoms with van der Waals surface area (Å²) in [6, 6.07) is 7.90. The van der Waals surface area contributed by atoms with Crippen LogP contribution in [0.2, 0.25) is 0 Å². The zero-order chi connectivity index (χ0) is 19.7. The second-order valence-corrected chi connectivity index (χ2v) is 6.61. The predicted octanol–water partition coefficient (Wildman–Crippen LogP) is 4.41. The molecule has 6 nitrogen and oxygen atoms in total. The smallest absolute Gasteiger partial charge is 0.171 e. The van der Waals surface area contributed by atoms with E-state index in [0.717, 1.165) is 5.76 Å². The Hall–Kier alpha value is -3.15. The van der Waals surface area contributed by atoms with E-state index in [1.54, 1.807) is 18.2 Å². The fraction of sp³-hybridized carbons (Fsp3) is 0.286. The van der Waals surface area contributed by atoms with E-state index in [1.165, 1.54) is 26.4 Å². The molecular formula is C21H22O6. The number of carbonyl (C=O) groups is 1. The van der Waals surface area contributed by atoms with Crippen LogP contribution < -0.4 is 9.47 Å². The molecule has 0 bridgehead atoms. The SMILES string of the molecule is COc1cc(O)c(CC(=O)c2ccc3oc(C(C)C)cc3c2O)cc1OC. The van der Waals surface area contributed by atoms with E-state index >= 15 is 0 Å². The van der Waals surface area contributed by atoms with Gasteiger partial charge in [0.2, 0.25) is 0 Å². The largest absolute Gasteiger partial charge is 0.508 e. The summed E-state index contributed by atoms with van der Waals surface area (Å²) in [6.07, 6.45) is -0.0971. The molecule has 1 aromatic heterocycles. The van der Waals surface area contributed by atoms with Crippen LogP contribution in [-0.2, 0) is 6.42 Å². The molecule has 0 unspecified atom stereocenters. The van der Waals surface area contributed by atoms with E-state index < -0.39 is 0 Å². The molecule has 0 aliphatic rings. The van der Waals surface area contributed by atoms with Crippen LogP contribution in [-0.4, -0.2) is 30.2 Å². The Labute approximate surface area is 156 Å². The number of hydrogen-bond donors (Lipinski definition) is 2. The number of furan rings is 1. The highest BCUT2D eigenvalue weighted by Crippen LogP contribution is 2.37. The third kappa shape index (κ3) is 3.43. The summed E-state index contributed by atoms with van der Waals surface area (Å²) in [5.74, 6) is 1.16. The first-order valence-electron chi connectivity index (χ1n) is 8.58. The highest BCUT2D eigenvalue weighted by molar-refractivity contribution is 6.05. The number of phenolic OH excluding ortho intramolecular Hbond substituents is 2. The van der Waals surface area contributed by atoms with Crippen molar-refractivity contribution < 1.29 is 28.9 Å². The van der Waals surface area contributed by atoms with Gasteiger partial charge >= 0.3 is 0 Å². The number of aromatic hydroxyl groups is 2. The summed E-state index contributed by atoms with van der Waals surface area (Å²) >= 11 is 0. The fourth-order valence-electron chi connectivity index (χ4n) is 2.95. The van der Waals surface area contributed by atoms with Crippen LogP contribution in [0.5, 0.6) is 23.0 Å². The van der Waals surface area contributed by atoms with Gasteiger partial charge in [0.25, 0.3) is 0 Å². The molecule has 0 saturated heterocycles. The summed E-state index contributed by atoms with van der Waals surface area (Å²) in [7, 11) is 2.94. The number of phenols is 2. The Balaban J connectivity index is 1.96. The molecule has 0 radical (unpaired) electrons. The third-order valence-corrected chi connectivity index (χ3v) is 4.50. The number of rotatable bonds is 6. The Bertz CT molecular complexity index is 1000. The highest BCUT2D eigenvalue weighted by atomic mass is 16.5. The van der Waals surface area contributed by atoms with E-state index in [4.69, 9.17) is 13.9 Å². The molecule has 27 heavy (non-hydrogen) atoms. The quantitative estimate of drug-likeness (QED) is 0.625. The van der Waals surface area contributed by atoms with Crippen LogP contribution >= 0.6 is 0 Å². The third-order valence-electron chi connectivity index (χ3n) is 4.50. The van der Waals surface area contributed by atoms with Crippen LogP contribution in [0.1, 0.15) is 41.4 Å². The number of Topliss-reactive ketones (excluding diaryl/α,β-unsaturated/α-hetero) is 1. The van der Waals surface area contributed by atoms with Gasteiger partial charge in [-0.15, -0.1) is 0 Å². The lowest BCUT2D eigenvalue weighted by molar-refractivity contribution is 0.0989. The van der Waals surface area contributed by atoms with Crippen molar-refractivity contribution in [3.63, 3.8) is 0 Å². The minimum atomic E-state index is -0.329. The monoisotopic (exact) mass is 370 g/mol. The lowest BCUT2D eigenvalue weighted by Gasteiger charge is -2.12. The number of carbonyl (C=O) groups excluding carboxylic acids is 1. The van der Waals surface area contributed by atoms with Crippen molar-refractivity contribution in [2.24, 2.45) is 0 Å². The molecule has 0 spiro atoms. The maximum Gasteiger partial charge on any atom is 0.171 e. The molecule has 0 aliphatic carbocycles. The van der Waals surface area contributed by atoms with E-state index in [0.29, 0.717) is 28.0 Å². The highest BCUT2D eigenvalue weighted by Gasteiger charge is 2.20. The van der Waals surface area contributed by atoms with Crippen LogP contribution in [0.3, 0.4) is 0 Å². The van der Waals surface area contributed by atoms with Gasteiger partial charge in [-0.3, -0.25) is 4.79 Å². The Morgan fingerprint density at radius 3 is 2.37 bits per heavy atom. The van der Waals surface area contributed by atoms with Crippen molar-refractivity contribution in [1.82, 2.24) is 0 Å². The molecule has 0 atom stereocenters. The van der Waals surface area contributed by atoms with Gasteiger partial charge in [0.1, 0.15) is 22.8 Å². The van der Waals surface area contributed by atoms with Crippen molar-refractivity contribution in [2.75, 3.05) is 14.2 Å². The number of ketones is 1. The van der Waals surface area contributed by atoms with E-state index in [-0.39, 0.29) is 35.2 Å². The zero-order valence-electron chi connectivity index (χ0n) is 15.7. The van der Waals surface area contributed by atoms with Crippen molar-refractivity contribution >= 4 is 16.8 Å². The molecule has 2 N–H and O–H groups in total. The molecule has 0 aliphatic heterocycles. The lowest BCUT2D eigenvalue weighted by atomic mass is 9.99. The summed E-state index contributed by atoms with van der Waals surface area (Å²) in [5, 5.41) is 21.2. The van der Waals surface area contributed by atoms with Crippen LogP contribution in [0, 0.1) is 0 Å². The molecule has 1 heterocycles. The van der Waals surface area contributed by atoms with Crippen LogP contribution in [0.15, 0.2) is 34.7 Å². The number of hydrogen-bond acceptors (Lipinski definition) is 6. The number of benzene rings is 2. The molecule has 3 aromatic rings. The van der Waals surface area contributed by atoms with E-state index in [2.05, 4.69) is 0 Å². The summed E-state index contributed by atoms with van der Waals surface area (Å²) in [5.41, 5.74) is 1.08. The van der Waals surface area contributed by atoms with Gasteiger partial charge in [-0.25, -0.2) is 0 Å². The van der Waals surface area contributed by atoms with Gasteiger partial charge in [-0.05, 0) is 24.3 Å². The zero-order valence-corrected chi connectivity index (χ0v) is 15.7. The summed E-state index contributed by atoms with van der Waals surface area (Å²) < 4.78 is 16.0. The average molecular weight is 370 g/mol. The fourth-order valence-corrected chi connectivity index (χ4v) is 2.95. The minimum Gasteiger partial charge on any atom is -0.508 e. The minimum absolute atomic E-state index is 0.0769. The molecule has 0 saturated carbocycles. The number of ether oxygens (including phenoxy) is 2. The van der Waals surface area contributed by atoms with Gasteiger partial charge in [0, 0.05) is 24.0 Å². The van der Waals surface area contributed by atoms with Crippen molar-refractivity contribution in [1.29, 1.82) is 0 Å². The van der Waals surface area contributed by atoms with Crippen molar-refractivity contribution in [3.05, 3.63) is 47.2 Å².